The van der Waals surface area contributed by atoms with Crippen LogP contribution < -0.4 is 0 Å². The monoisotopic (exact) mass is 275 g/mol. The summed E-state index contributed by atoms with van der Waals surface area (Å²) < 4.78 is 14.0. The molecule has 0 fully saturated rings. The second-order valence-corrected chi connectivity index (χ2v) is 4.56. The van der Waals surface area contributed by atoms with Crippen LogP contribution in [-0.2, 0) is 0 Å². The normalized spacial score (nSPS) is 10.7. The molecule has 3 nitrogen and oxygen atoms in total. The van der Waals surface area contributed by atoms with Crippen molar-refractivity contribution in [2.75, 3.05) is 0 Å². The van der Waals surface area contributed by atoms with Gasteiger partial charge in [0.25, 0.3) is 0 Å². The fraction of sp³-hybridized carbons (Fsp3) is 0. The van der Waals surface area contributed by atoms with E-state index in [0.717, 1.165) is 11.3 Å². The second-order valence-electron chi connectivity index (χ2n) is 2.64. The van der Waals surface area contributed by atoms with Gasteiger partial charge in [-0.2, -0.15) is 0 Å². The number of fused-ring (bicyclic) bond motifs is 1. The Hall–Kier alpha value is -1.01. The van der Waals surface area contributed by atoms with E-state index in [1.807, 2.05) is 0 Å². The number of hydrogen-bond donors (Lipinski definition) is 0. The van der Waals surface area contributed by atoms with E-state index in [4.69, 9.17) is 0 Å². The van der Waals surface area contributed by atoms with Crippen LogP contribution in [0.15, 0.2) is 22.7 Å². The van der Waals surface area contributed by atoms with E-state index < -0.39 is 10.7 Å². The van der Waals surface area contributed by atoms with E-state index in [1.165, 1.54) is 18.2 Å². The maximum atomic E-state index is 12.9. The SMILES string of the molecule is O=[N+]([O-])c1cc2c(Br)cc(F)cc2s1. The Morgan fingerprint density at radius 3 is 2.79 bits per heavy atom. The van der Waals surface area contributed by atoms with Gasteiger partial charge in [0.2, 0.25) is 0 Å². The summed E-state index contributed by atoms with van der Waals surface area (Å²) >= 11 is 4.12. The number of benzene rings is 1. The zero-order chi connectivity index (χ0) is 10.3. The molecule has 0 aliphatic carbocycles. The molecule has 0 N–H and O–H groups in total. The fourth-order valence-corrected chi connectivity index (χ4v) is 2.75. The number of rotatable bonds is 1. The van der Waals surface area contributed by atoms with Crippen LogP contribution in [0.4, 0.5) is 9.39 Å². The second kappa shape index (κ2) is 3.29. The maximum Gasteiger partial charge on any atom is 0.325 e. The third-order valence-electron chi connectivity index (χ3n) is 1.72. The van der Waals surface area contributed by atoms with Crippen LogP contribution in [0.3, 0.4) is 0 Å². The summed E-state index contributed by atoms with van der Waals surface area (Å²) in [7, 11) is 0. The zero-order valence-electron chi connectivity index (χ0n) is 6.66. The van der Waals surface area contributed by atoms with Crippen molar-refractivity contribution in [3.63, 3.8) is 0 Å². The molecule has 14 heavy (non-hydrogen) atoms. The van der Waals surface area contributed by atoms with E-state index in [0.29, 0.717) is 14.6 Å². The number of nitro groups is 1. The maximum absolute atomic E-state index is 12.9. The summed E-state index contributed by atoms with van der Waals surface area (Å²) in [5.74, 6) is -0.402. The fourth-order valence-electron chi connectivity index (χ4n) is 1.14. The molecule has 2 aromatic rings. The van der Waals surface area contributed by atoms with E-state index >= 15 is 0 Å². The summed E-state index contributed by atoms with van der Waals surface area (Å²) in [6.45, 7) is 0. The molecule has 0 aliphatic rings. The molecule has 0 saturated heterocycles. The molecule has 0 amide bonds. The van der Waals surface area contributed by atoms with Gasteiger partial charge in [0.1, 0.15) is 5.82 Å². The summed E-state index contributed by atoms with van der Waals surface area (Å²) in [5, 5.41) is 11.2. The smallest absolute Gasteiger partial charge is 0.258 e. The molecule has 0 spiro atoms. The van der Waals surface area contributed by atoms with Gasteiger partial charge in [-0.1, -0.05) is 27.3 Å². The first kappa shape index (κ1) is 9.54. The summed E-state index contributed by atoms with van der Waals surface area (Å²) in [4.78, 5) is 10.00. The molecule has 6 heteroatoms. The highest BCUT2D eigenvalue weighted by atomic mass is 79.9. The predicted octanol–water partition coefficient (Wildman–Crippen LogP) is 3.71. The van der Waals surface area contributed by atoms with Crippen LogP contribution >= 0.6 is 27.3 Å². The van der Waals surface area contributed by atoms with E-state index in [-0.39, 0.29) is 5.00 Å². The van der Waals surface area contributed by atoms with Gasteiger partial charge in [-0.3, -0.25) is 10.1 Å². The van der Waals surface area contributed by atoms with Crippen LogP contribution in [0, 0.1) is 15.9 Å². The van der Waals surface area contributed by atoms with Gasteiger partial charge in [0.05, 0.1) is 4.92 Å². The summed E-state index contributed by atoms with van der Waals surface area (Å²) in [5.41, 5.74) is 0. The highest BCUT2D eigenvalue weighted by Gasteiger charge is 2.13. The molecule has 72 valence electrons. The van der Waals surface area contributed by atoms with E-state index in [9.17, 15) is 14.5 Å². The van der Waals surface area contributed by atoms with Crippen molar-refractivity contribution < 1.29 is 9.31 Å². The van der Waals surface area contributed by atoms with Crippen LogP contribution in [0.25, 0.3) is 10.1 Å². The first-order valence-electron chi connectivity index (χ1n) is 3.61. The van der Waals surface area contributed by atoms with Crippen molar-refractivity contribution in [2.24, 2.45) is 0 Å². The lowest BCUT2D eigenvalue weighted by Gasteiger charge is -1.92. The Morgan fingerprint density at radius 1 is 1.43 bits per heavy atom. The van der Waals surface area contributed by atoms with Crippen molar-refractivity contribution in [3.05, 3.63) is 38.6 Å². The Kier molecular flexibility index (Phi) is 2.24. The Labute approximate surface area is 90.4 Å². The summed E-state index contributed by atoms with van der Waals surface area (Å²) in [6, 6.07) is 4.01. The molecule has 0 aliphatic heterocycles. The van der Waals surface area contributed by atoms with Crippen molar-refractivity contribution >= 4 is 42.4 Å². The molecule has 1 aromatic carbocycles. The van der Waals surface area contributed by atoms with Gasteiger partial charge in [-0.15, -0.1) is 0 Å². The minimum Gasteiger partial charge on any atom is -0.258 e. The van der Waals surface area contributed by atoms with Crippen molar-refractivity contribution in [2.45, 2.75) is 0 Å². The van der Waals surface area contributed by atoms with Gasteiger partial charge in [0.15, 0.2) is 0 Å². The molecule has 0 bridgehead atoms. The highest BCUT2D eigenvalue weighted by Crippen LogP contribution is 2.36. The third-order valence-corrected chi connectivity index (χ3v) is 3.41. The van der Waals surface area contributed by atoms with Crippen LogP contribution in [0.1, 0.15) is 0 Å². The summed E-state index contributed by atoms with van der Waals surface area (Å²) in [6.07, 6.45) is 0. The molecule has 0 radical (unpaired) electrons. The number of halogens is 2. The van der Waals surface area contributed by atoms with Gasteiger partial charge in [-0.05, 0) is 12.1 Å². The van der Waals surface area contributed by atoms with Crippen LogP contribution in [0.2, 0.25) is 0 Å². The Bertz CT molecular complexity index is 525. The minimum atomic E-state index is -0.477. The van der Waals surface area contributed by atoms with Gasteiger partial charge in [-0.25, -0.2) is 4.39 Å². The van der Waals surface area contributed by atoms with Crippen molar-refractivity contribution in [1.29, 1.82) is 0 Å². The standard InChI is InChI=1S/C8H3BrFNO2S/c9-6-1-4(10)2-7-5(6)3-8(14-7)11(12)13/h1-3H. The van der Waals surface area contributed by atoms with Crippen molar-refractivity contribution in [1.82, 2.24) is 0 Å². The number of nitrogens with zero attached hydrogens (tertiary/aromatic N) is 1. The van der Waals surface area contributed by atoms with Gasteiger partial charge in [0, 0.05) is 20.6 Å². The number of thiophene rings is 1. The molecule has 1 aromatic heterocycles. The lowest BCUT2D eigenvalue weighted by atomic mass is 10.2. The Morgan fingerprint density at radius 2 is 2.14 bits per heavy atom. The first-order valence-corrected chi connectivity index (χ1v) is 5.22. The molecule has 1 heterocycles. The first-order chi connectivity index (χ1) is 6.58. The molecule has 0 atom stereocenters. The molecule has 2 rings (SSSR count). The van der Waals surface area contributed by atoms with Gasteiger partial charge >= 0.3 is 5.00 Å². The molecular weight excluding hydrogens is 273 g/mol. The van der Waals surface area contributed by atoms with E-state index in [1.54, 1.807) is 0 Å². The average molecular weight is 276 g/mol. The largest absolute Gasteiger partial charge is 0.325 e. The average Bonchev–Trinajstić information content (AvgIpc) is 2.47. The van der Waals surface area contributed by atoms with Crippen molar-refractivity contribution in [3.8, 4) is 0 Å². The highest BCUT2D eigenvalue weighted by molar-refractivity contribution is 9.10. The zero-order valence-corrected chi connectivity index (χ0v) is 9.06. The Balaban J connectivity index is 2.76. The van der Waals surface area contributed by atoms with Gasteiger partial charge < -0.3 is 0 Å². The predicted molar refractivity (Wildman–Crippen MR) is 56.1 cm³/mol. The van der Waals surface area contributed by atoms with E-state index in [2.05, 4.69) is 15.9 Å². The molecular formula is C8H3BrFNO2S. The molecule has 0 saturated carbocycles. The quantitative estimate of drug-likeness (QED) is 0.588. The minimum absolute atomic E-state index is 0.0197. The van der Waals surface area contributed by atoms with Crippen LogP contribution in [-0.4, -0.2) is 4.92 Å². The van der Waals surface area contributed by atoms with Crippen LogP contribution in [0.5, 0.6) is 0 Å². The number of hydrogen-bond acceptors (Lipinski definition) is 3. The lowest BCUT2D eigenvalue weighted by Crippen LogP contribution is -1.80. The molecule has 0 unspecified atom stereocenters. The third kappa shape index (κ3) is 1.51. The lowest BCUT2D eigenvalue weighted by molar-refractivity contribution is -0.380. The topological polar surface area (TPSA) is 43.1 Å².